The molecule has 1 heterocycles. The highest BCUT2D eigenvalue weighted by atomic mass is 16.3. The molecular weight excluding hydrogens is 558 g/mol. The Labute approximate surface area is 267 Å². The molecule has 0 aliphatic heterocycles. The molecule has 2 nitrogen and oxygen atoms in total. The van der Waals surface area contributed by atoms with Crippen molar-refractivity contribution in [2.75, 3.05) is 4.90 Å². The Morgan fingerprint density at radius 3 is 1.85 bits per heavy atom. The molecule has 0 spiro atoms. The Morgan fingerprint density at radius 1 is 0.370 bits per heavy atom. The summed E-state index contributed by atoms with van der Waals surface area (Å²) < 4.78 is 6.47. The standard InChI is InChI=1S/C44H29NO/c1-2-15-34(16-3-1)45(36-17-8-14-33(29-36)38-20-9-13-30-11-4-6-18-37(30)38)35-26-23-32(24-27-35)39-21-10-22-42-43(39)41-28-25-31-12-5-7-19-40(31)44(41)46-42/h1-29H. The fourth-order valence-electron chi connectivity index (χ4n) is 6.90. The number of para-hydroxylation sites is 1. The lowest BCUT2D eigenvalue weighted by Gasteiger charge is -2.26. The Bertz CT molecular complexity index is 2520. The first kappa shape index (κ1) is 26.3. The van der Waals surface area contributed by atoms with Gasteiger partial charge in [-0.3, -0.25) is 0 Å². The number of hydrogen-bond acceptors (Lipinski definition) is 2. The molecule has 0 unspecified atom stereocenters. The van der Waals surface area contributed by atoms with Crippen molar-refractivity contribution in [2.45, 2.75) is 0 Å². The number of anilines is 3. The Morgan fingerprint density at radius 2 is 1.00 bits per heavy atom. The highest BCUT2D eigenvalue weighted by molar-refractivity contribution is 6.19. The van der Waals surface area contributed by atoms with Gasteiger partial charge in [-0.15, -0.1) is 0 Å². The summed E-state index contributed by atoms with van der Waals surface area (Å²) in [5, 5.41) is 7.12. The second-order valence-electron chi connectivity index (χ2n) is 11.7. The summed E-state index contributed by atoms with van der Waals surface area (Å²) in [7, 11) is 0. The van der Waals surface area contributed by atoms with Crippen molar-refractivity contribution < 1.29 is 4.42 Å². The third kappa shape index (κ3) is 4.35. The molecule has 0 saturated carbocycles. The average molecular weight is 588 g/mol. The first-order valence-corrected chi connectivity index (χ1v) is 15.7. The lowest BCUT2D eigenvalue weighted by molar-refractivity contribution is 0.673. The topological polar surface area (TPSA) is 16.4 Å². The maximum atomic E-state index is 6.47. The highest BCUT2D eigenvalue weighted by Gasteiger charge is 2.17. The van der Waals surface area contributed by atoms with Gasteiger partial charge in [0.2, 0.25) is 0 Å². The van der Waals surface area contributed by atoms with Crippen molar-refractivity contribution in [1.29, 1.82) is 0 Å². The van der Waals surface area contributed by atoms with Gasteiger partial charge in [0.05, 0.1) is 0 Å². The first-order valence-electron chi connectivity index (χ1n) is 15.7. The van der Waals surface area contributed by atoms with E-state index in [2.05, 4.69) is 181 Å². The van der Waals surface area contributed by atoms with Gasteiger partial charge in [0, 0.05) is 33.2 Å². The molecule has 0 saturated heterocycles. The summed E-state index contributed by atoms with van der Waals surface area (Å²) in [6, 6.07) is 62.7. The molecule has 0 aliphatic carbocycles. The zero-order valence-electron chi connectivity index (χ0n) is 25.1. The van der Waals surface area contributed by atoms with Crippen molar-refractivity contribution in [2.24, 2.45) is 0 Å². The number of fused-ring (bicyclic) bond motifs is 6. The van der Waals surface area contributed by atoms with Gasteiger partial charge >= 0.3 is 0 Å². The van der Waals surface area contributed by atoms with Crippen LogP contribution in [0.2, 0.25) is 0 Å². The van der Waals surface area contributed by atoms with Gasteiger partial charge in [-0.05, 0) is 86.9 Å². The van der Waals surface area contributed by atoms with Crippen molar-refractivity contribution in [3.63, 3.8) is 0 Å². The van der Waals surface area contributed by atoms with Gasteiger partial charge in [-0.1, -0.05) is 127 Å². The van der Waals surface area contributed by atoms with Crippen LogP contribution in [0.1, 0.15) is 0 Å². The highest BCUT2D eigenvalue weighted by Crippen LogP contribution is 2.42. The largest absolute Gasteiger partial charge is 0.455 e. The zero-order valence-corrected chi connectivity index (χ0v) is 25.1. The van der Waals surface area contributed by atoms with Crippen molar-refractivity contribution in [3.8, 4) is 22.3 Å². The second-order valence-corrected chi connectivity index (χ2v) is 11.7. The van der Waals surface area contributed by atoms with Crippen LogP contribution in [0.15, 0.2) is 180 Å². The molecule has 0 aliphatic rings. The third-order valence-electron chi connectivity index (χ3n) is 9.04. The van der Waals surface area contributed by atoms with E-state index in [9.17, 15) is 0 Å². The predicted octanol–water partition coefficient (Wildman–Crippen LogP) is 12.7. The van der Waals surface area contributed by atoms with E-state index < -0.39 is 0 Å². The summed E-state index contributed by atoms with van der Waals surface area (Å²) in [6.45, 7) is 0. The second kappa shape index (κ2) is 10.8. The fraction of sp³-hybridized carbons (Fsp3) is 0. The van der Waals surface area contributed by atoms with E-state index in [1.54, 1.807) is 0 Å². The molecule has 0 atom stereocenters. The zero-order chi connectivity index (χ0) is 30.5. The average Bonchev–Trinajstić information content (AvgIpc) is 3.52. The molecule has 0 fully saturated rings. The van der Waals surface area contributed by atoms with E-state index in [4.69, 9.17) is 4.42 Å². The Hall–Kier alpha value is -6.12. The number of benzene rings is 8. The van der Waals surface area contributed by atoms with E-state index in [0.717, 1.165) is 50.0 Å². The minimum atomic E-state index is 0.907. The van der Waals surface area contributed by atoms with Crippen molar-refractivity contribution in [3.05, 3.63) is 176 Å². The molecule has 1 aromatic heterocycles. The molecule has 0 radical (unpaired) electrons. The van der Waals surface area contributed by atoms with Crippen LogP contribution >= 0.6 is 0 Å². The van der Waals surface area contributed by atoms with Gasteiger partial charge < -0.3 is 9.32 Å². The monoisotopic (exact) mass is 587 g/mol. The number of rotatable bonds is 5. The summed E-state index contributed by atoms with van der Waals surface area (Å²) >= 11 is 0. The molecule has 0 N–H and O–H groups in total. The lowest BCUT2D eigenvalue weighted by atomic mass is 9.97. The molecule has 0 amide bonds. The molecule has 9 aromatic rings. The summed E-state index contributed by atoms with van der Waals surface area (Å²) in [6.07, 6.45) is 0. The minimum Gasteiger partial charge on any atom is -0.455 e. The molecular formula is C44H29NO. The predicted molar refractivity (Wildman–Crippen MR) is 194 cm³/mol. The lowest BCUT2D eigenvalue weighted by Crippen LogP contribution is -2.09. The molecule has 46 heavy (non-hydrogen) atoms. The van der Waals surface area contributed by atoms with Crippen LogP contribution in [0, 0.1) is 0 Å². The van der Waals surface area contributed by atoms with Crippen LogP contribution in [0.3, 0.4) is 0 Å². The van der Waals surface area contributed by atoms with Gasteiger partial charge in [-0.25, -0.2) is 0 Å². The van der Waals surface area contributed by atoms with Crippen LogP contribution in [0.5, 0.6) is 0 Å². The third-order valence-corrected chi connectivity index (χ3v) is 9.04. The smallest absolute Gasteiger partial charge is 0.143 e. The summed E-state index contributed by atoms with van der Waals surface area (Å²) in [5.41, 5.74) is 9.92. The minimum absolute atomic E-state index is 0.907. The van der Waals surface area contributed by atoms with E-state index in [-0.39, 0.29) is 0 Å². The Balaban J connectivity index is 1.16. The van der Waals surface area contributed by atoms with E-state index >= 15 is 0 Å². The molecule has 2 heteroatoms. The SMILES string of the molecule is c1ccc(N(c2ccc(-c3cccc4oc5c6ccccc6ccc5c34)cc2)c2cccc(-c3cccc4ccccc34)c2)cc1. The molecule has 9 rings (SSSR count). The molecule has 0 bridgehead atoms. The van der Waals surface area contributed by atoms with Crippen molar-refractivity contribution >= 4 is 60.5 Å². The van der Waals surface area contributed by atoms with Crippen molar-refractivity contribution in [1.82, 2.24) is 0 Å². The normalized spacial score (nSPS) is 11.5. The van der Waals surface area contributed by atoms with Gasteiger partial charge in [0.15, 0.2) is 0 Å². The van der Waals surface area contributed by atoms with Crippen LogP contribution < -0.4 is 4.90 Å². The Kier molecular flexibility index (Phi) is 6.17. The number of hydrogen-bond donors (Lipinski definition) is 0. The van der Waals surface area contributed by atoms with Crippen LogP contribution in [-0.4, -0.2) is 0 Å². The summed E-state index contributed by atoms with van der Waals surface area (Å²) in [4.78, 5) is 2.33. The van der Waals surface area contributed by atoms with Gasteiger partial charge in [0.1, 0.15) is 11.2 Å². The maximum Gasteiger partial charge on any atom is 0.143 e. The van der Waals surface area contributed by atoms with E-state index in [1.165, 1.54) is 32.8 Å². The van der Waals surface area contributed by atoms with E-state index in [0.29, 0.717) is 0 Å². The molecule has 216 valence electrons. The first-order chi connectivity index (χ1) is 22.8. The fourth-order valence-corrected chi connectivity index (χ4v) is 6.90. The summed E-state index contributed by atoms with van der Waals surface area (Å²) in [5.74, 6) is 0. The molecule has 8 aromatic carbocycles. The van der Waals surface area contributed by atoms with Crippen LogP contribution in [-0.2, 0) is 0 Å². The number of furan rings is 1. The van der Waals surface area contributed by atoms with Crippen LogP contribution in [0.4, 0.5) is 17.1 Å². The van der Waals surface area contributed by atoms with E-state index in [1.807, 2.05) is 0 Å². The maximum absolute atomic E-state index is 6.47. The van der Waals surface area contributed by atoms with Crippen LogP contribution in [0.25, 0.3) is 65.7 Å². The quantitative estimate of drug-likeness (QED) is 0.199. The number of nitrogens with zero attached hydrogens (tertiary/aromatic N) is 1. The van der Waals surface area contributed by atoms with Gasteiger partial charge in [0.25, 0.3) is 0 Å². The van der Waals surface area contributed by atoms with Gasteiger partial charge in [-0.2, -0.15) is 0 Å².